The van der Waals surface area contributed by atoms with Crippen LogP contribution in [0.4, 0.5) is 5.69 Å². The average Bonchev–Trinajstić information content (AvgIpc) is 2.82. The van der Waals surface area contributed by atoms with Gasteiger partial charge in [0.15, 0.2) is 0 Å². The van der Waals surface area contributed by atoms with Gasteiger partial charge in [-0.15, -0.1) is 0 Å². The Kier molecular flexibility index (Phi) is 3.14. The number of hydrogen-bond donors (Lipinski definition) is 2. The molecular formula is C15H14BrN3O. The number of benzene rings is 2. The maximum absolute atomic E-state index is 6.01. The summed E-state index contributed by atoms with van der Waals surface area (Å²) in [7, 11) is 1.65. The van der Waals surface area contributed by atoms with E-state index >= 15 is 0 Å². The van der Waals surface area contributed by atoms with Gasteiger partial charge in [0, 0.05) is 4.47 Å². The Bertz CT molecular complexity index is 795. The Hall–Kier alpha value is -2.01. The zero-order chi connectivity index (χ0) is 14.3. The van der Waals surface area contributed by atoms with Crippen molar-refractivity contribution in [1.29, 1.82) is 0 Å². The lowest BCUT2D eigenvalue weighted by molar-refractivity contribution is 0.416. The molecule has 0 unspecified atom stereocenters. The second-order valence-corrected chi connectivity index (χ2v) is 5.60. The van der Waals surface area contributed by atoms with Crippen molar-refractivity contribution in [2.75, 3.05) is 12.8 Å². The Morgan fingerprint density at radius 2 is 2.05 bits per heavy atom. The van der Waals surface area contributed by atoms with Crippen LogP contribution in [0.5, 0.6) is 5.75 Å². The molecule has 1 heterocycles. The van der Waals surface area contributed by atoms with E-state index in [9.17, 15) is 0 Å². The van der Waals surface area contributed by atoms with Crippen LogP contribution in [0.1, 0.15) is 5.56 Å². The predicted molar refractivity (Wildman–Crippen MR) is 84.9 cm³/mol. The van der Waals surface area contributed by atoms with Crippen molar-refractivity contribution >= 4 is 32.7 Å². The highest BCUT2D eigenvalue weighted by molar-refractivity contribution is 9.10. The van der Waals surface area contributed by atoms with Gasteiger partial charge in [0.2, 0.25) is 0 Å². The topological polar surface area (TPSA) is 63.9 Å². The van der Waals surface area contributed by atoms with Crippen LogP contribution in [0.25, 0.3) is 22.4 Å². The fraction of sp³-hybridized carbons (Fsp3) is 0.133. The maximum Gasteiger partial charge on any atom is 0.142 e. The predicted octanol–water partition coefficient (Wildman–Crippen LogP) is 3.89. The summed E-state index contributed by atoms with van der Waals surface area (Å²) in [5.41, 5.74) is 10.4. The van der Waals surface area contributed by atoms with E-state index in [1.807, 2.05) is 37.3 Å². The molecule has 0 aliphatic rings. The fourth-order valence-corrected chi connectivity index (χ4v) is 2.72. The van der Waals surface area contributed by atoms with Gasteiger partial charge in [-0.25, -0.2) is 4.98 Å². The molecule has 0 radical (unpaired) electrons. The smallest absolute Gasteiger partial charge is 0.142 e. The second-order valence-electron chi connectivity index (χ2n) is 4.68. The highest BCUT2D eigenvalue weighted by Crippen LogP contribution is 2.32. The van der Waals surface area contributed by atoms with Gasteiger partial charge in [0.25, 0.3) is 0 Å². The van der Waals surface area contributed by atoms with Gasteiger partial charge >= 0.3 is 0 Å². The lowest BCUT2D eigenvalue weighted by atomic mass is 10.1. The van der Waals surface area contributed by atoms with Crippen LogP contribution in [0, 0.1) is 6.92 Å². The Labute approximate surface area is 125 Å². The van der Waals surface area contributed by atoms with Crippen LogP contribution in [-0.2, 0) is 0 Å². The van der Waals surface area contributed by atoms with Crippen LogP contribution >= 0.6 is 15.9 Å². The highest BCUT2D eigenvalue weighted by atomic mass is 79.9. The van der Waals surface area contributed by atoms with Crippen molar-refractivity contribution in [2.45, 2.75) is 6.92 Å². The molecular weight excluding hydrogens is 318 g/mol. The number of hydrogen-bond acceptors (Lipinski definition) is 3. The van der Waals surface area contributed by atoms with E-state index in [1.54, 1.807) is 7.11 Å². The Morgan fingerprint density at radius 3 is 2.80 bits per heavy atom. The molecule has 0 atom stereocenters. The summed E-state index contributed by atoms with van der Waals surface area (Å²) in [6.45, 7) is 2.04. The molecule has 3 aromatic rings. The molecule has 0 saturated carbocycles. The number of methoxy groups -OCH3 is 1. The molecule has 4 nitrogen and oxygen atoms in total. The first-order valence-electron chi connectivity index (χ1n) is 6.18. The van der Waals surface area contributed by atoms with Crippen LogP contribution < -0.4 is 10.5 Å². The van der Waals surface area contributed by atoms with E-state index in [2.05, 4.69) is 25.9 Å². The van der Waals surface area contributed by atoms with E-state index in [0.717, 1.165) is 38.2 Å². The summed E-state index contributed by atoms with van der Waals surface area (Å²) in [4.78, 5) is 7.89. The third-order valence-electron chi connectivity index (χ3n) is 3.19. The van der Waals surface area contributed by atoms with Crippen molar-refractivity contribution < 1.29 is 4.74 Å². The number of nitrogens with one attached hydrogen (secondary N) is 1. The normalized spacial score (nSPS) is 10.9. The number of nitrogens with zero attached hydrogens (tertiary/aromatic N) is 1. The summed E-state index contributed by atoms with van der Waals surface area (Å²) < 4.78 is 6.33. The van der Waals surface area contributed by atoms with Gasteiger partial charge in [0.05, 0.1) is 23.9 Å². The van der Waals surface area contributed by atoms with Crippen molar-refractivity contribution in [3.05, 3.63) is 40.4 Å². The minimum absolute atomic E-state index is 0.642. The molecule has 3 rings (SSSR count). The number of aromatic amines is 1. The van der Waals surface area contributed by atoms with Crippen molar-refractivity contribution in [1.82, 2.24) is 9.97 Å². The number of anilines is 1. The van der Waals surface area contributed by atoms with Gasteiger partial charge < -0.3 is 15.5 Å². The second kappa shape index (κ2) is 4.83. The third-order valence-corrected chi connectivity index (χ3v) is 3.65. The molecule has 0 saturated heterocycles. The number of imidazole rings is 1. The summed E-state index contributed by atoms with van der Waals surface area (Å²) in [6, 6.07) is 9.81. The largest absolute Gasteiger partial charge is 0.496 e. The van der Waals surface area contributed by atoms with Gasteiger partial charge in [-0.1, -0.05) is 27.6 Å². The summed E-state index contributed by atoms with van der Waals surface area (Å²) >= 11 is 3.44. The molecule has 0 fully saturated rings. The molecule has 5 heteroatoms. The van der Waals surface area contributed by atoms with Crippen LogP contribution in [0.15, 0.2) is 34.8 Å². The zero-order valence-corrected chi connectivity index (χ0v) is 12.8. The van der Waals surface area contributed by atoms with Gasteiger partial charge in [0.1, 0.15) is 17.1 Å². The maximum atomic E-state index is 6.01. The number of rotatable bonds is 2. The molecule has 20 heavy (non-hydrogen) atoms. The monoisotopic (exact) mass is 331 g/mol. The number of halogens is 1. The first-order chi connectivity index (χ1) is 9.58. The van der Waals surface area contributed by atoms with Crippen LogP contribution in [0.2, 0.25) is 0 Å². The molecule has 0 amide bonds. The molecule has 2 aromatic carbocycles. The first-order valence-corrected chi connectivity index (χ1v) is 6.97. The number of nitrogen functional groups attached to an aromatic ring is 1. The lowest BCUT2D eigenvalue weighted by Crippen LogP contribution is -1.90. The summed E-state index contributed by atoms with van der Waals surface area (Å²) in [5.74, 6) is 1.54. The average molecular weight is 332 g/mol. The van der Waals surface area contributed by atoms with Crippen molar-refractivity contribution in [2.24, 2.45) is 0 Å². The molecule has 0 spiro atoms. The quantitative estimate of drug-likeness (QED) is 0.700. The van der Waals surface area contributed by atoms with E-state index in [-0.39, 0.29) is 0 Å². The van der Waals surface area contributed by atoms with E-state index < -0.39 is 0 Å². The van der Waals surface area contributed by atoms with Gasteiger partial charge in [-0.3, -0.25) is 0 Å². The number of aryl methyl sites for hydroxylation is 1. The van der Waals surface area contributed by atoms with Gasteiger partial charge in [-0.2, -0.15) is 0 Å². The fourth-order valence-electron chi connectivity index (χ4n) is 2.24. The van der Waals surface area contributed by atoms with Crippen molar-refractivity contribution in [3.63, 3.8) is 0 Å². The Balaban J connectivity index is 2.25. The van der Waals surface area contributed by atoms with E-state index in [4.69, 9.17) is 10.5 Å². The van der Waals surface area contributed by atoms with Crippen molar-refractivity contribution in [3.8, 4) is 17.1 Å². The van der Waals surface area contributed by atoms with E-state index in [1.165, 1.54) is 0 Å². The summed E-state index contributed by atoms with van der Waals surface area (Å²) in [6.07, 6.45) is 0. The molecule has 3 N–H and O–H groups in total. The van der Waals surface area contributed by atoms with Crippen LogP contribution in [-0.4, -0.2) is 17.1 Å². The third kappa shape index (κ3) is 2.14. The molecule has 0 bridgehead atoms. The summed E-state index contributed by atoms with van der Waals surface area (Å²) in [5, 5.41) is 0. The van der Waals surface area contributed by atoms with Gasteiger partial charge in [-0.05, 0) is 31.2 Å². The number of aromatic nitrogens is 2. The van der Waals surface area contributed by atoms with Crippen LogP contribution in [0.3, 0.4) is 0 Å². The van der Waals surface area contributed by atoms with E-state index in [0.29, 0.717) is 5.69 Å². The molecule has 0 aliphatic heterocycles. The molecule has 102 valence electrons. The minimum atomic E-state index is 0.642. The number of H-pyrrole nitrogens is 1. The first kappa shape index (κ1) is 13.0. The molecule has 1 aromatic heterocycles. The zero-order valence-electron chi connectivity index (χ0n) is 11.2. The SMILES string of the molecule is COc1ccc(C)cc1-c1nc2c(N)cc(Br)cc2[nH]1. The highest BCUT2D eigenvalue weighted by Gasteiger charge is 2.12. The number of nitrogens with two attached hydrogens (primary N) is 1. The number of fused-ring (bicyclic) bond motifs is 1. The number of ether oxygens (including phenoxy) is 1. The lowest BCUT2D eigenvalue weighted by Gasteiger charge is -2.06. The Morgan fingerprint density at radius 1 is 1.25 bits per heavy atom. The molecule has 0 aliphatic carbocycles. The minimum Gasteiger partial charge on any atom is -0.496 e. The standard InChI is InChI=1S/C15H14BrN3O/c1-8-3-4-13(20-2)10(5-8)15-18-12-7-9(16)6-11(17)14(12)19-15/h3-7H,17H2,1-2H3,(H,18,19).